The van der Waals surface area contributed by atoms with Crippen LogP contribution in [0.4, 0.5) is 0 Å². The zero-order valence-electron chi connectivity index (χ0n) is 15.3. The summed E-state index contributed by atoms with van der Waals surface area (Å²) in [6, 6.07) is 3.70. The molecular weight excluding hydrogens is 284 g/mol. The average Bonchev–Trinajstić information content (AvgIpc) is 2.46. The highest BCUT2D eigenvalue weighted by molar-refractivity contribution is 5.51. The molecule has 0 radical (unpaired) electrons. The molecule has 2 nitrogen and oxygen atoms in total. The van der Waals surface area contributed by atoms with Gasteiger partial charge in [-0.3, -0.25) is 0 Å². The van der Waals surface area contributed by atoms with Crippen molar-refractivity contribution < 1.29 is 10.2 Å². The number of aryl methyl sites for hydroxylation is 1. The molecule has 0 amide bonds. The Hall–Kier alpha value is -1.44. The first-order valence-electron chi connectivity index (χ1n) is 9.04. The molecular formula is C21H32O2. The van der Waals surface area contributed by atoms with Gasteiger partial charge in [0.1, 0.15) is 11.5 Å². The summed E-state index contributed by atoms with van der Waals surface area (Å²) >= 11 is 0. The summed E-state index contributed by atoms with van der Waals surface area (Å²) in [6.07, 6.45) is 6.48. The van der Waals surface area contributed by atoms with E-state index in [9.17, 15) is 10.2 Å². The molecule has 0 bridgehead atoms. The second kappa shape index (κ2) is 7.42. The van der Waals surface area contributed by atoms with Crippen LogP contribution in [-0.2, 0) is 6.42 Å². The molecule has 1 aliphatic rings. The monoisotopic (exact) mass is 316 g/mol. The van der Waals surface area contributed by atoms with Crippen molar-refractivity contribution in [2.24, 2.45) is 17.8 Å². The molecule has 2 N–H and O–H groups in total. The normalized spacial score (nSPS) is 21.8. The lowest BCUT2D eigenvalue weighted by molar-refractivity contribution is 0.391. The Morgan fingerprint density at radius 2 is 1.70 bits per heavy atom. The van der Waals surface area contributed by atoms with Crippen LogP contribution in [-0.4, -0.2) is 10.2 Å². The minimum absolute atomic E-state index is 0.111. The number of phenolic OH excluding ortho intramolecular Hbond substituents is 2. The highest BCUT2D eigenvalue weighted by Gasteiger charge is 2.28. The van der Waals surface area contributed by atoms with Gasteiger partial charge in [0.2, 0.25) is 0 Å². The van der Waals surface area contributed by atoms with E-state index in [1.807, 2.05) is 12.1 Å². The van der Waals surface area contributed by atoms with Crippen LogP contribution in [0.15, 0.2) is 23.8 Å². The van der Waals surface area contributed by atoms with E-state index in [0.29, 0.717) is 23.3 Å². The van der Waals surface area contributed by atoms with Crippen molar-refractivity contribution in [3.63, 3.8) is 0 Å². The second-order valence-corrected chi connectivity index (χ2v) is 7.92. The second-order valence-electron chi connectivity index (χ2n) is 7.92. The van der Waals surface area contributed by atoms with Crippen molar-refractivity contribution in [1.82, 2.24) is 0 Å². The van der Waals surface area contributed by atoms with Crippen LogP contribution < -0.4 is 0 Å². The van der Waals surface area contributed by atoms with Crippen LogP contribution >= 0.6 is 0 Å². The minimum atomic E-state index is 0.111. The maximum atomic E-state index is 10.5. The van der Waals surface area contributed by atoms with Crippen LogP contribution in [0.1, 0.15) is 70.9 Å². The Labute approximate surface area is 141 Å². The molecule has 23 heavy (non-hydrogen) atoms. The molecule has 128 valence electrons. The van der Waals surface area contributed by atoms with Gasteiger partial charge in [0.05, 0.1) is 0 Å². The summed E-state index contributed by atoms with van der Waals surface area (Å²) in [5.74, 6) is 2.20. The fraction of sp³-hybridized carbons (Fsp3) is 0.619. The van der Waals surface area contributed by atoms with Gasteiger partial charge in [-0.1, -0.05) is 46.3 Å². The van der Waals surface area contributed by atoms with E-state index in [1.165, 1.54) is 5.57 Å². The summed E-state index contributed by atoms with van der Waals surface area (Å²) in [7, 11) is 0. The summed E-state index contributed by atoms with van der Waals surface area (Å²) < 4.78 is 0. The quantitative estimate of drug-likeness (QED) is 0.676. The van der Waals surface area contributed by atoms with Crippen LogP contribution in [0.3, 0.4) is 0 Å². The van der Waals surface area contributed by atoms with Gasteiger partial charge in [-0.15, -0.1) is 0 Å². The van der Waals surface area contributed by atoms with Gasteiger partial charge in [0.15, 0.2) is 0 Å². The van der Waals surface area contributed by atoms with Crippen molar-refractivity contribution in [3.8, 4) is 11.5 Å². The Bertz CT molecular complexity index is 546. The first-order chi connectivity index (χ1) is 10.8. The van der Waals surface area contributed by atoms with Gasteiger partial charge in [-0.25, -0.2) is 0 Å². The van der Waals surface area contributed by atoms with E-state index >= 15 is 0 Å². The number of hydrogen-bond acceptors (Lipinski definition) is 2. The number of phenols is 2. The number of benzene rings is 1. The molecule has 1 aromatic carbocycles. The van der Waals surface area contributed by atoms with Crippen LogP contribution in [0.25, 0.3) is 0 Å². The SMILES string of the molecule is CC(C)CCc1cc(O)c(C2C=C(C(C)C)CCC2C)c(O)c1. The van der Waals surface area contributed by atoms with Crippen molar-refractivity contribution in [2.75, 3.05) is 0 Å². The lowest BCUT2D eigenvalue weighted by Crippen LogP contribution is -2.16. The van der Waals surface area contributed by atoms with Gasteiger partial charge < -0.3 is 10.2 Å². The predicted molar refractivity (Wildman–Crippen MR) is 97.0 cm³/mol. The van der Waals surface area contributed by atoms with Crippen molar-refractivity contribution in [3.05, 3.63) is 34.9 Å². The lowest BCUT2D eigenvalue weighted by atomic mass is 9.75. The minimum Gasteiger partial charge on any atom is -0.507 e. The highest BCUT2D eigenvalue weighted by atomic mass is 16.3. The molecule has 2 rings (SSSR count). The first kappa shape index (κ1) is 17.9. The third kappa shape index (κ3) is 4.31. The molecule has 0 saturated carbocycles. The van der Waals surface area contributed by atoms with Gasteiger partial charge in [-0.2, -0.15) is 0 Å². The molecule has 2 heteroatoms. The third-order valence-corrected chi connectivity index (χ3v) is 5.18. The molecule has 1 aromatic rings. The zero-order valence-corrected chi connectivity index (χ0v) is 15.3. The molecule has 2 atom stereocenters. The maximum absolute atomic E-state index is 10.5. The van der Waals surface area contributed by atoms with Gasteiger partial charge in [-0.05, 0) is 61.1 Å². The fourth-order valence-electron chi connectivity index (χ4n) is 3.52. The summed E-state index contributed by atoms with van der Waals surface area (Å²) in [5, 5.41) is 21.1. The van der Waals surface area contributed by atoms with E-state index in [4.69, 9.17) is 0 Å². The molecule has 0 heterocycles. The highest BCUT2D eigenvalue weighted by Crippen LogP contribution is 2.45. The van der Waals surface area contributed by atoms with Gasteiger partial charge >= 0.3 is 0 Å². The lowest BCUT2D eigenvalue weighted by Gasteiger charge is -2.30. The molecule has 0 aliphatic heterocycles. The molecule has 0 fully saturated rings. The van der Waals surface area contributed by atoms with E-state index in [1.54, 1.807) is 0 Å². The maximum Gasteiger partial charge on any atom is 0.123 e. The molecule has 2 unspecified atom stereocenters. The molecule has 0 saturated heterocycles. The van der Waals surface area contributed by atoms with Crippen LogP contribution in [0.2, 0.25) is 0 Å². The van der Waals surface area contributed by atoms with E-state index in [2.05, 4.69) is 40.7 Å². The summed E-state index contributed by atoms with van der Waals surface area (Å²) in [4.78, 5) is 0. The predicted octanol–water partition coefficient (Wildman–Crippen LogP) is 5.78. The van der Waals surface area contributed by atoms with Gasteiger partial charge in [0, 0.05) is 11.5 Å². The van der Waals surface area contributed by atoms with Gasteiger partial charge in [0.25, 0.3) is 0 Å². The van der Waals surface area contributed by atoms with Crippen LogP contribution in [0, 0.1) is 17.8 Å². The Kier molecular flexibility index (Phi) is 5.78. The smallest absolute Gasteiger partial charge is 0.123 e. The van der Waals surface area contributed by atoms with Crippen molar-refractivity contribution in [1.29, 1.82) is 0 Å². The van der Waals surface area contributed by atoms with Crippen molar-refractivity contribution >= 4 is 0 Å². The Balaban J connectivity index is 2.33. The Morgan fingerprint density at radius 3 is 2.22 bits per heavy atom. The Morgan fingerprint density at radius 1 is 1.09 bits per heavy atom. The number of rotatable bonds is 5. The third-order valence-electron chi connectivity index (χ3n) is 5.18. The first-order valence-corrected chi connectivity index (χ1v) is 9.04. The van der Waals surface area contributed by atoms with E-state index < -0.39 is 0 Å². The van der Waals surface area contributed by atoms with Crippen LogP contribution in [0.5, 0.6) is 11.5 Å². The van der Waals surface area contributed by atoms with E-state index in [0.717, 1.165) is 31.2 Å². The molecule has 0 spiro atoms. The number of allylic oxidation sites excluding steroid dienone is 2. The molecule has 0 aromatic heterocycles. The summed E-state index contributed by atoms with van der Waals surface area (Å²) in [5.41, 5.74) is 3.17. The number of aromatic hydroxyl groups is 2. The standard InChI is InChI=1S/C21H32O2/c1-13(2)6-8-16-10-19(22)21(20(23)11-16)18-12-17(14(3)4)9-7-15(18)5/h10-15,18,22-23H,6-9H2,1-5H3. The summed E-state index contributed by atoms with van der Waals surface area (Å²) in [6.45, 7) is 11.0. The largest absolute Gasteiger partial charge is 0.507 e. The van der Waals surface area contributed by atoms with E-state index in [-0.39, 0.29) is 17.4 Å². The topological polar surface area (TPSA) is 40.5 Å². The molecule has 1 aliphatic carbocycles. The zero-order chi connectivity index (χ0) is 17.1. The van der Waals surface area contributed by atoms with Crippen molar-refractivity contribution in [2.45, 2.75) is 66.2 Å². The fourth-order valence-corrected chi connectivity index (χ4v) is 3.52. The number of hydrogen-bond donors (Lipinski definition) is 2. The average molecular weight is 316 g/mol.